The number of nitrogens with zero attached hydrogens (tertiary/aromatic N) is 4. The molecule has 1 saturated heterocycles. The van der Waals surface area contributed by atoms with Crippen LogP contribution in [-0.4, -0.2) is 100 Å². The van der Waals surface area contributed by atoms with Crippen LogP contribution in [0.4, 0.5) is 4.79 Å². The Morgan fingerprint density at radius 3 is 2.10 bits per heavy atom. The van der Waals surface area contributed by atoms with Crippen LogP contribution in [0.3, 0.4) is 0 Å². The molecule has 3 amide bonds. The molecule has 256 valence electrons. The van der Waals surface area contributed by atoms with Crippen molar-refractivity contribution in [1.82, 2.24) is 24.9 Å². The van der Waals surface area contributed by atoms with Gasteiger partial charge in [-0.05, 0) is 45.4 Å². The van der Waals surface area contributed by atoms with Crippen LogP contribution >= 0.6 is 0 Å². The van der Waals surface area contributed by atoms with Gasteiger partial charge >= 0.3 is 18.0 Å². The maximum Gasteiger partial charge on any atom is 0.409 e. The largest absolute Gasteiger partial charge is 0.466 e. The van der Waals surface area contributed by atoms with Crippen LogP contribution in [-0.2, 0) is 35.2 Å². The molecule has 2 aromatic carbocycles. The van der Waals surface area contributed by atoms with Gasteiger partial charge in [-0.1, -0.05) is 48.5 Å². The van der Waals surface area contributed by atoms with E-state index in [2.05, 4.69) is 10.4 Å². The van der Waals surface area contributed by atoms with Gasteiger partial charge in [0.25, 0.3) is 5.91 Å². The van der Waals surface area contributed by atoms with E-state index in [-0.39, 0.29) is 51.0 Å². The van der Waals surface area contributed by atoms with Gasteiger partial charge in [0.1, 0.15) is 18.2 Å². The summed E-state index contributed by atoms with van der Waals surface area (Å²) in [5.41, 5.74) is 0.421. The zero-order valence-electron chi connectivity index (χ0n) is 27.5. The lowest BCUT2D eigenvalue weighted by molar-refractivity contribution is -0.157. The molecule has 1 aliphatic heterocycles. The molecule has 1 aliphatic rings. The highest BCUT2D eigenvalue weighted by atomic mass is 16.6. The molecule has 4 rings (SSSR count). The molecule has 48 heavy (non-hydrogen) atoms. The number of piperazine rings is 1. The van der Waals surface area contributed by atoms with Gasteiger partial charge in [-0.2, -0.15) is 5.10 Å². The Hall–Kier alpha value is -5.40. The maximum atomic E-state index is 13.7. The van der Waals surface area contributed by atoms with Crippen molar-refractivity contribution in [3.05, 3.63) is 78.0 Å². The van der Waals surface area contributed by atoms with E-state index >= 15 is 0 Å². The molecule has 3 aromatic rings. The molecule has 14 nitrogen and oxygen atoms in total. The van der Waals surface area contributed by atoms with E-state index in [4.69, 9.17) is 18.9 Å². The van der Waals surface area contributed by atoms with Crippen LogP contribution in [0.1, 0.15) is 50.2 Å². The fourth-order valence-electron chi connectivity index (χ4n) is 4.77. The summed E-state index contributed by atoms with van der Waals surface area (Å²) in [5.74, 6) is -2.50. The molecular formula is C34H41N5O9. The number of hydrogen-bond acceptors (Lipinski definition) is 10. The van der Waals surface area contributed by atoms with Crippen molar-refractivity contribution in [1.29, 1.82) is 0 Å². The van der Waals surface area contributed by atoms with Crippen molar-refractivity contribution < 1.29 is 42.9 Å². The summed E-state index contributed by atoms with van der Waals surface area (Å²) in [7, 11) is 0. The van der Waals surface area contributed by atoms with E-state index in [1.54, 1.807) is 52.0 Å². The van der Waals surface area contributed by atoms with Crippen molar-refractivity contribution in [3.63, 3.8) is 0 Å². The van der Waals surface area contributed by atoms with Crippen molar-refractivity contribution >= 4 is 29.8 Å². The van der Waals surface area contributed by atoms with E-state index in [0.29, 0.717) is 5.69 Å². The fraction of sp³-hybridized carbons (Fsp3) is 0.412. The number of rotatable bonds is 12. The summed E-state index contributed by atoms with van der Waals surface area (Å²) >= 11 is 0. The van der Waals surface area contributed by atoms with E-state index in [9.17, 15) is 24.0 Å². The highest BCUT2D eigenvalue weighted by molar-refractivity contribution is 5.97. The number of amides is 3. The summed E-state index contributed by atoms with van der Waals surface area (Å²) < 4.78 is 22.9. The van der Waals surface area contributed by atoms with Crippen LogP contribution in [0.2, 0.25) is 0 Å². The molecule has 1 N–H and O–H groups in total. The first-order valence-corrected chi connectivity index (χ1v) is 15.6. The average Bonchev–Trinajstić information content (AvgIpc) is 3.50. The lowest BCUT2D eigenvalue weighted by Gasteiger charge is -2.35. The van der Waals surface area contributed by atoms with Crippen molar-refractivity contribution in [2.45, 2.75) is 52.4 Å². The molecule has 0 saturated carbocycles. The van der Waals surface area contributed by atoms with Gasteiger partial charge in [-0.3, -0.25) is 14.4 Å². The number of nitrogens with one attached hydrogen (secondary N) is 1. The Balaban J connectivity index is 1.50. The van der Waals surface area contributed by atoms with E-state index in [1.807, 2.05) is 36.4 Å². The molecule has 0 spiro atoms. The molecule has 2 heterocycles. The third-order valence-corrected chi connectivity index (χ3v) is 7.00. The highest BCUT2D eigenvalue weighted by Crippen LogP contribution is 2.21. The Morgan fingerprint density at radius 2 is 1.48 bits per heavy atom. The first kappa shape index (κ1) is 35.5. The molecular weight excluding hydrogens is 622 g/mol. The number of carbonyl (C=O) groups excluding carboxylic acids is 5. The number of hydrogen-bond donors (Lipinski definition) is 1. The molecule has 1 aromatic heterocycles. The molecule has 0 bridgehead atoms. The van der Waals surface area contributed by atoms with Gasteiger partial charge in [0.15, 0.2) is 12.3 Å². The lowest BCUT2D eigenvalue weighted by atomic mass is 10.1. The third kappa shape index (κ3) is 10.3. The van der Waals surface area contributed by atoms with Crippen LogP contribution in [0.25, 0.3) is 5.69 Å². The van der Waals surface area contributed by atoms with E-state index in [0.717, 1.165) is 5.56 Å². The normalized spacial score (nSPS) is 13.7. The van der Waals surface area contributed by atoms with Crippen molar-refractivity contribution in [2.75, 3.05) is 39.4 Å². The standard InChI is InChI=1S/C34H41N5O9/c1-5-45-33(44)38-18-16-37(17-19-38)32(43)27(21-29(40)48-34(2,3)4)35-31(42)26-20-28(39(36-26)25-14-10-7-11-15-25)46-23-30(41)47-22-24-12-8-6-9-13-24/h6-15,20,27H,5,16-19,21-23H2,1-4H3,(H,35,42). The molecule has 1 unspecified atom stereocenters. The number of esters is 2. The lowest BCUT2D eigenvalue weighted by Crippen LogP contribution is -2.56. The predicted octanol–water partition coefficient (Wildman–Crippen LogP) is 3.13. The highest BCUT2D eigenvalue weighted by Gasteiger charge is 2.34. The number of para-hydroxylation sites is 1. The predicted molar refractivity (Wildman–Crippen MR) is 172 cm³/mol. The molecule has 14 heteroatoms. The van der Waals surface area contributed by atoms with Gasteiger partial charge in [0.05, 0.1) is 18.7 Å². The molecule has 1 atom stereocenters. The fourth-order valence-corrected chi connectivity index (χ4v) is 4.77. The van der Waals surface area contributed by atoms with Crippen LogP contribution < -0.4 is 10.1 Å². The van der Waals surface area contributed by atoms with Gasteiger partial charge in [0.2, 0.25) is 11.8 Å². The quantitative estimate of drug-likeness (QED) is 0.225. The van der Waals surface area contributed by atoms with Gasteiger partial charge in [-0.25, -0.2) is 14.3 Å². The molecule has 0 aliphatic carbocycles. The van der Waals surface area contributed by atoms with Crippen LogP contribution in [0, 0.1) is 0 Å². The summed E-state index contributed by atoms with van der Waals surface area (Å²) in [6.07, 6.45) is -0.907. The number of ether oxygens (including phenoxy) is 4. The van der Waals surface area contributed by atoms with E-state index < -0.39 is 54.5 Å². The Labute approximate surface area is 278 Å². The first-order valence-electron chi connectivity index (χ1n) is 15.6. The second-order valence-electron chi connectivity index (χ2n) is 11.9. The molecule has 1 fully saturated rings. The minimum Gasteiger partial charge on any atom is -0.466 e. The smallest absolute Gasteiger partial charge is 0.409 e. The van der Waals surface area contributed by atoms with Crippen LogP contribution in [0.15, 0.2) is 66.7 Å². The Kier molecular flexibility index (Phi) is 12.1. The number of carbonyl (C=O) groups is 5. The zero-order valence-corrected chi connectivity index (χ0v) is 27.5. The number of aromatic nitrogens is 2. The Morgan fingerprint density at radius 1 is 0.854 bits per heavy atom. The van der Waals surface area contributed by atoms with Gasteiger partial charge in [0, 0.05) is 32.2 Å². The second kappa shape index (κ2) is 16.4. The van der Waals surface area contributed by atoms with Crippen LogP contribution in [0.5, 0.6) is 5.88 Å². The summed E-state index contributed by atoms with van der Waals surface area (Å²) in [6.45, 7) is 7.47. The zero-order chi connectivity index (χ0) is 34.7. The minimum atomic E-state index is -1.29. The first-order chi connectivity index (χ1) is 22.9. The summed E-state index contributed by atoms with van der Waals surface area (Å²) in [4.78, 5) is 67.7. The van der Waals surface area contributed by atoms with E-state index in [1.165, 1.54) is 20.5 Å². The topological polar surface area (TPSA) is 159 Å². The minimum absolute atomic E-state index is 0.0690. The second-order valence-corrected chi connectivity index (χ2v) is 11.9. The monoisotopic (exact) mass is 663 g/mol. The third-order valence-electron chi connectivity index (χ3n) is 7.00. The summed E-state index contributed by atoms with van der Waals surface area (Å²) in [6, 6.07) is 18.0. The number of benzene rings is 2. The Bertz CT molecular complexity index is 1560. The van der Waals surface area contributed by atoms with Gasteiger partial charge in [-0.15, -0.1) is 0 Å². The van der Waals surface area contributed by atoms with Crippen molar-refractivity contribution in [2.24, 2.45) is 0 Å². The maximum absolute atomic E-state index is 13.7. The van der Waals surface area contributed by atoms with Crippen molar-refractivity contribution in [3.8, 4) is 11.6 Å². The SMILES string of the molecule is CCOC(=O)N1CCN(C(=O)C(CC(=O)OC(C)(C)C)NC(=O)c2cc(OCC(=O)OCc3ccccc3)n(-c3ccccc3)n2)CC1. The van der Waals surface area contributed by atoms with Gasteiger partial charge < -0.3 is 34.1 Å². The molecule has 0 radical (unpaired) electrons. The summed E-state index contributed by atoms with van der Waals surface area (Å²) in [5, 5.41) is 7.03. The average molecular weight is 664 g/mol.